The SMILES string of the molecule is CC1CCCN(CC(C)NC(=O)C2COCCN2)C1.Cl.Cl. The number of rotatable bonds is 4. The Morgan fingerprint density at radius 1 is 1.48 bits per heavy atom. The summed E-state index contributed by atoms with van der Waals surface area (Å²) in [6, 6.07) is 0.0120. The lowest BCUT2D eigenvalue weighted by Gasteiger charge is -2.33. The van der Waals surface area contributed by atoms with Crippen LogP contribution in [-0.2, 0) is 9.53 Å². The van der Waals surface area contributed by atoms with Crippen LogP contribution < -0.4 is 10.6 Å². The largest absolute Gasteiger partial charge is 0.378 e. The summed E-state index contributed by atoms with van der Waals surface area (Å²) in [7, 11) is 0. The summed E-state index contributed by atoms with van der Waals surface area (Å²) >= 11 is 0. The molecule has 0 aromatic rings. The lowest BCUT2D eigenvalue weighted by atomic mass is 10.00. The summed E-state index contributed by atoms with van der Waals surface area (Å²) in [6.07, 6.45) is 2.61. The van der Waals surface area contributed by atoms with Gasteiger partial charge in [0.2, 0.25) is 5.91 Å². The molecule has 126 valence electrons. The Hall–Kier alpha value is -0.0700. The van der Waals surface area contributed by atoms with Gasteiger partial charge >= 0.3 is 0 Å². The van der Waals surface area contributed by atoms with E-state index >= 15 is 0 Å². The van der Waals surface area contributed by atoms with Gasteiger partial charge < -0.3 is 20.3 Å². The number of halogens is 2. The molecule has 2 fully saturated rings. The number of morpholine rings is 1. The number of nitrogens with one attached hydrogen (secondary N) is 2. The predicted octanol–water partition coefficient (Wildman–Crippen LogP) is 1.05. The van der Waals surface area contributed by atoms with Gasteiger partial charge in [0, 0.05) is 25.7 Å². The van der Waals surface area contributed by atoms with Crippen LogP contribution in [0.15, 0.2) is 0 Å². The predicted molar refractivity (Wildman–Crippen MR) is 89.5 cm³/mol. The number of piperidine rings is 1. The molecule has 0 aliphatic carbocycles. The van der Waals surface area contributed by atoms with E-state index in [9.17, 15) is 4.79 Å². The summed E-state index contributed by atoms with van der Waals surface area (Å²) in [5.41, 5.74) is 0. The number of likely N-dealkylation sites (tertiary alicyclic amines) is 1. The van der Waals surface area contributed by atoms with E-state index in [2.05, 4.69) is 29.4 Å². The van der Waals surface area contributed by atoms with E-state index < -0.39 is 0 Å². The fraction of sp³-hybridized carbons (Fsp3) is 0.929. The molecule has 0 bridgehead atoms. The number of carbonyl (C=O) groups is 1. The third-order valence-electron chi connectivity index (χ3n) is 3.90. The molecule has 21 heavy (non-hydrogen) atoms. The summed E-state index contributed by atoms with van der Waals surface area (Å²) in [5.74, 6) is 0.849. The molecule has 0 spiro atoms. The maximum Gasteiger partial charge on any atom is 0.239 e. The highest BCUT2D eigenvalue weighted by atomic mass is 35.5. The van der Waals surface area contributed by atoms with Crippen molar-refractivity contribution in [2.45, 2.75) is 38.8 Å². The molecule has 1 amide bonds. The second-order valence-corrected chi connectivity index (χ2v) is 6.00. The van der Waals surface area contributed by atoms with Gasteiger partial charge in [0.25, 0.3) is 0 Å². The van der Waals surface area contributed by atoms with Crippen molar-refractivity contribution >= 4 is 30.7 Å². The molecule has 2 rings (SSSR count). The normalized spacial score (nSPS) is 27.9. The van der Waals surface area contributed by atoms with Crippen LogP contribution in [-0.4, -0.2) is 62.3 Å². The Labute approximate surface area is 140 Å². The van der Waals surface area contributed by atoms with Crippen LogP contribution in [0.2, 0.25) is 0 Å². The molecular formula is C14H29Cl2N3O2. The zero-order valence-electron chi connectivity index (χ0n) is 13.0. The third-order valence-corrected chi connectivity index (χ3v) is 3.90. The van der Waals surface area contributed by atoms with E-state index in [1.807, 2.05) is 0 Å². The Kier molecular flexibility index (Phi) is 10.6. The van der Waals surface area contributed by atoms with Crippen molar-refractivity contribution in [3.63, 3.8) is 0 Å². The molecule has 0 radical (unpaired) electrons. The zero-order valence-corrected chi connectivity index (χ0v) is 14.6. The van der Waals surface area contributed by atoms with Crippen LogP contribution in [0.25, 0.3) is 0 Å². The minimum atomic E-state index is -0.184. The topological polar surface area (TPSA) is 53.6 Å². The summed E-state index contributed by atoms with van der Waals surface area (Å²) < 4.78 is 5.32. The van der Waals surface area contributed by atoms with Crippen LogP contribution in [0.1, 0.15) is 26.7 Å². The van der Waals surface area contributed by atoms with Crippen LogP contribution >= 0.6 is 24.8 Å². The minimum Gasteiger partial charge on any atom is -0.378 e. The van der Waals surface area contributed by atoms with Gasteiger partial charge in [-0.25, -0.2) is 0 Å². The monoisotopic (exact) mass is 341 g/mol. The van der Waals surface area contributed by atoms with Crippen molar-refractivity contribution in [2.24, 2.45) is 5.92 Å². The molecule has 0 aromatic carbocycles. The summed E-state index contributed by atoms with van der Waals surface area (Å²) in [6.45, 7) is 9.60. The highest BCUT2D eigenvalue weighted by Crippen LogP contribution is 2.15. The first kappa shape index (κ1) is 20.9. The Morgan fingerprint density at radius 3 is 2.86 bits per heavy atom. The first-order valence-electron chi connectivity index (χ1n) is 7.49. The summed E-state index contributed by atoms with van der Waals surface area (Å²) in [5, 5.41) is 6.27. The number of hydrogen-bond acceptors (Lipinski definition) is 4. The van der Waals surface area contributed by atoms with Crippen molar-refractivity contribution < 1.29 is 9.53 Å². The molecule has 0 aromatic heterocycles. The maximum atomic E-state index is 12.0. The van der Waals surface area contributed by atoms with Gasteiger partial charge in [-0.2, -0.15) is 0 Å². The fourth-order valence-corrected chi connectivity index (χ4v) is 2.96. The van der Waals surface area contributed by atoms with Gasteiger partial charge in [0.05, 0.1) is 13.2 Å². The lowest BCUT2D eigenvalue weighted by Crippen LogP contribution is -2.54. The van der Waals surface area contributed by atoms with Gasteiger partial charge in [-0.1, -0.05) is 6.92 Å². The molecule has 0 saturated carbocycles. The molecule has 2 aliphatic heterocycles. The molecule has 2 heterocycles. The molecule has 2 N–H and O–H groups in total. The molecule has 7 heteroatoms. The van der Waals surface area contributed by atoms with Crippen LogP contribution in [0.5, 0.6) is 0 Å². The van der Waals surface area contributed by atoms with Crippen LogP contribution in [0, 0.1) is 5.92 Å². The van der Waals surface area contributed by atoms with E-state index in [-0.39, 0.29) is 42.8 Å². The number of nitrogens with zero attached hydrogens (tertiary/aromatic N) is 1. The molecular weight excluding hydrogens is 313 g/mol. The standard InChI is InChI=1S/C14H27N3O2.2ClH/c1-11-4-3-6-17(8-11)9-12(2)16-14(18)13-10-19-7-5-15-13;;/h11-13,15H,3-10H2,1-2H3,(H,16,18);2*1H. The van der Waals surface area contributed by atoms with E-state index in [1.165, 1.54) is 12.8 Å². The van der Waals surface area contributed by atoms with E-state index in [0.717, 1.165) is 32.1 Å². The highest BCUT2D eigenvalue weighted by Gasteiger charge is 2.24. The molecule has 3 unspecified atom stereocenters. The number of amides is 1. The molecule has 5 nitrogen and oxygen atoms in total. The molecule has 2 aliphatic rings. The molecule has 2 saturated heterocycles. The van der Waals surface area contributed by atoms with Crippen molar-refractivity contribution in [1.29, 1.82) is 0 Å². The third kappa shape index (κ3) is 7.15. The first-order valence-corrected chi connectivity index (χ1v) is 7.49. The smallest absolute Gasteiger partial charge is 0.239 e. The second-order valence-electron chi connectivity index (χ2n) is 6.00. The van der Waals surface area contributed by atoms with Gasteiger partial charge in [-0.3, -0.25) is 4.79 Å². The number of carbonyl (C=O) groups excluding carboxylic acids is 1. The van der Waals surface area contributed by atoms with Crippen LogP contribution in [0.4, 0.5) is 0 Å². The van der Waals surface area contributed by atoms with E-state index in [1.54, 1.807) is 0 Å². The Balaban J connectivity index is 0.00000200. The summed E-state index contributed by atoms with van der Waals surface area (Å²) in [4.78, 5) is 14.5. The van der Waals surface area contributed by atoms with Gasteiger partial charge in [-0.05, 0) is 32.2 Å². The maximum absolute atomic E-state index is 12.0. The van der Waals surface area contributed by atoms with Crippen molar-refractivity contribution in [3.05, 3.63) is 0 Å². The van der Waals surface area contributed by atoms with E-state index in [0.29, 0.717) is 13.2 Å². The Bertz CT molecular complexity index is 302. The van der Waals surface area contributed by atoms with Gasteiger partial charge in [-0.15, -0.1) is 24.8 Å². The van der Waals surface area contributed by atoms with Crippen molar-refractivity contribution in [2.75, 3.05) is 39.4 Å². The Morgan fingerprint density at radius 2 is 2.24 bits per heavy atom. The number of hydrogen-bond donors (Lipinski definition) is 2. The van der Waals surface area contributed by atoms with Crippen molar-refractivity contribution in [1.82, 2.24) is 15.5 Å². The highest BCUT2D eigenvalue weighted by molar-refractivity contribution is 5.85. The van der Waals surface area contributed by atoms with E-state index in [4.69, 9.17) is 4.74 Å². The van der Waals surface area contributed by atoms with Crippen LogP contribution in [0.3, 0.4) is 0 Å². The number of ether oxygens (including phenoxy) is 1. The average Bonchev–Trinajstić information content (AvgIpc) is 2.39. The lowest BCUT2D eigenvalue weighted by molar-refractivity contribution is -0.126. The second kappa shape index (κ2) is 10.6. The van der Waals surface area contributed by atoms with Crippen molar-refractivity contribution in [3.8, 4) is 0 Å². The first-order chi connectivity index (χ1) is 9.15. The quantitative estimate of drug-likeness (QED) is 0.802. The van der Waals surface area contributed by atoms with Gasteiger partial charge in [0.1, 0.15) is 6.04 Å². The zero-order chi connectivity index (χ0) is 13.7. The minimum absolute atomic E-state index is 0. The average molecular weight is 342 g/mol. The van der Waals surface area contributed by atoms with Gasteiger partial charge in [0.15, 0.2) is 0 Å². The fourth-order valence-electron chi connectivity index (χ4n) is 2.96. The molecule has 3 atom stereocenters.